The summed E-state index contributed by atoms with van der Waals surface area (Å²) in [5.41, 5.74) is 0. The summed E-state index contributed by atoms with van der Waals surface area (Å²) in [4.78, 5) is 20.2. The number of carboxylic acids is 2. The van der Waals surface area contributed by atoms with Crippen molar-refractivity contribution in [3.8, 4) is 0 Å². The topological polar surface area (TPSA) is 169 Å². The summed E-state index contributed by atoms with van der Waals surface area (Å²) in [6.45, 7) is 8.50. The molecule has 0 aromatic heterocycles. The van der Waals surface area contributed by atoms with Crippen molar-refractivity contribution >= 4 is 49.7 Å². The van der Waals surface area contributed by atoms with Gasteiger partial charge in [-0.25, -0.2) is 0 Å². The van der Waals surface area contributed by atoms with Crippen molar-refractivity contribution in [3.63, 3.8) is 0 Å². The van der Waals surface area contributed by atoms with Crippen LogP contribution in [0.3, 0.4) is 0 Å². The molecular formula is C22H42CaN4O6. The van der Waals surface area contributed by atoms with Crippen molar-refractivity contribution in [2.24, 2.45) is 0 Å². The predicted octanol–water partition coefficient (Wildman–Crippen LogP) is -1.15. The van der Waals surface area contributed by atoms with Crippen LogP contribution in [0, 0.1) is 0 Å². The summed E-state index contributed by atoms with van der Waals surface area (Å²) in [6.07, 6.45) is 7.39. The zero-order valence-corrected chi connectivity index (χ0v) is 22.5. The third-order valence-electron chi connectivity index (χ3n) is 3.91. The molecule has 0 aliphatic rings. The second-order valence-corrected chi connectivity index (χ2v) is 7.06. The Bertz CT molecular complexity index is 487. The molecule has 0 aliphatic carbocycles. The molecule has 0 bridgehead atoms. The number of carbonyl (C=O) groups is 2. The number of carbonyl (C=O) groups excluding carboxylic acids is 1. The van der Waals surface area contributed by atoms with Gasteiger partial charge in [-0.15, -0.1) is 5.76 Å². The van der Waals surface area contributed by atoms with E-state index in [0.717, 1.165) is 25.7 Å². The Hall–Kier alpha value is -0.880. The number of allylic oxidation sites excluding steroid dienone is 2. The van der Waals surface area contributed by atoms with Crippen LogP contribution in [0.25, 0.3) is 0 Å². The van der Waals surface area contributed by atoms with Gasteiger partial charge in [-0.2, -0.15) is 0 Å². The molecular weight excluding hydrogens is 456 g/mol. The molecule has 0 aliphatic heterocycles. The Morgan fingerprint density at radius 3 is 1.73 bits per heavy atom. The summed E-state index contributed by atoms with van der Waals surface area (Å²) in [5, 5.41) is 50.9. The number of hydrogen-bond donors (Lipinski definition) is 6. The molecule has 0 atom stereocenters. The molecule has 0 saturated carbocycles. The Balaban J connectivity index is -0.000000529. The van der Waals surface area contributed by atoms with Crippen molar-refractivity contribution in [3.05, 3.63) is 23.7 Å². The zero-order chi connectivity index (χ0) is 24.5. The first-order valence-corrected chi connectivity index (χ1v) is 11.3. The molecule has 0 fully saturated rings. The minimum absolute atomic E-state index is 0. The van der Waals surface area contributed by atoms with Gasteiger partial charge in [0.1, 0.15) is 5.76 Å². The Morgan fingerprint density at radius 2 is 1.21 bits per heavy atom. The summed E-state index contributed by atoms with van der Waals surface area (Å²) in [5.74, 6) is -1.37. The molecule has 6 N–H and O–H groups in total. The fourth-order valence-electron chi connectivity index (χ4n) is 2.18. The van der Waals surface area contributed by atoms with Crippen molar-refractivity contribution < 1.29 is 30.0 Å². The maximum atomic E-state index is 11.2. The number of nitrogens with one attached hydrogen (secondary N) is 4. The molecule has 188 valence electrons. The van der Waals surface area contributed by atoms with Crippen molar-refractivity contribution in [2.45, 2.75) is 52.4 Å². The van der Waals surface area contributed by atoms with Gasteiger partial charge >= 0.3 is 43.7 Å². The van der Waals surface area contributed by atoms with E-state index in [1.165, 1.54) is 0 Å². The van der Waals surface area contributed by atoms with Gasteiger partial charge in [-0.1, -0.05) is 32.8 Å². The van der Waals surface area contributed by atoms with E-state index in [1.54, 1.807) is 6.08 Å². The van der Waals surface area contributed by atoms with E-state index < -0.39 is 11.9 Å². The van der Waals surface area contributed by atoms with Gasteiger partial charge in [0.15, 0.2) is 0 Å². The number of carboxylic acid groups (broad SMARTS) is 2. The second kappa shape index (κ2) is 29.2. The predicted molar refractivity (Wildman–Crippen MR) is 128 cm³/mol. The van der Waals surface area contributed by atoms with E-state index in [1.807, 2.05) is 13.0 Å². The van der Waals surface area contributed by atoms with Crippen LogP contribution in [0.2, 0.25) is 0 Å². The molecule has 0 spiro atoms. The number of rotatable bonds is 20. The number of unbranched alkanes of at least 4 members (excludes halogenated alkanes) is 2. The van der Waals surface area contributed by atoms with Gasteiger partial charge in [0, 0.05) is 51.8 Å². The summed E-state index contributed by atoms with van der Waals surface area (Å²) in [7, 11) is 0. The van der Waals surface area contributed by atoms with Crippen LogP contribution in [0.4, 0.5) is 0 Å². The van der Waals surface area contributed by atoms with Crippen molar-refractivity contribution in [1.29, 1.82) is 0 Å². The molecule has 0 rings (SSSR count). The maximum absolute atomic E-state index is 11.2. The number of hydrogen-bond acceptors (Lipinski definition) is 9. The summed E-state index contributed by atoms with van der Waals surface area (Å²) in [6, 6.07) is 0. The first kappa shape index (κ1) is 36.7. The smallest absolute Gasteiger partial charge is 0.875 e. The Morgan fingerprint density at radius 1 is 0.727 bits per heavy atom. The zero-order valence-electron chi connectivity index (χ0n) is 20.3. The van der Waals surface area contributed by atoms with E-state index in [-0.39, 0.29) is 56.3 Å². The molecule has 10 nitrogen and oxygen atoms in total. The van der Waals surface area contributed by atoms with Crippen LogP contribution < -0.4 is 31.5 Å². The largest absolute Gasteiger partial charge is 2.00 e. The molecule has 0 aromatic carbocycles. The van der Waals surface area contributed by atoms with Gasteiger partial charge in [0.25, 0.3) is 0 Å². The van der Waals surface area contributed by atoms with Gasteiger partial charge in [-0.05, 0) is 25.3 Å². The molecule has 0 radical (unpaired) electrons. The van der Waals surface area contributed by atoms with Crippen molar-refractivity contribution in [1.82, 2.24) is 21.3 Å². The van der Waals surface area contributed by atoms with Crippen LogP contribution >= 0.6 is 0 Å². The Kier molecular flexibility index (Phi) is 32.4. The minimum atomic E-state index is -1.05. The third-order valence-corrected chi connectivity index (χ3v) is 3.91. The monoisotopic (exact) mass is 498 g/mol. The fraction of sp³-hybridized carbons (Fsp3) is 0.727. The van der Waals surface area contributed by atoms with Crippen LogP contribution in [0.1, 0.15) is 52.4 Å². The first-order valence-electron chi connectivity index (χ1n) is 11.3. The van der Waals surface area contributed by atoms with Crippen LogP contribution in [-0.4, -0.2) is 112 Å². The van der Waals surface area contributed by atoms with Gasteiger partial charge < -0.3 is 46.5 Å². The molecule has 0 amide bonds. The average Bonchev–Trinajstić information content (AvgIpc) is 2.74. The van der Waals surface area contributed by atoms with E-state index >= 15 is 0 Å². The third kappa shape index (κ3) is 35.9. The molecule has 0 heterocycles. The Labute approximate surface area is 228 Å². The molecule has 33 heavy (non-hydrogen) atoms. The fourth-order valence-corrected chi connectivity index (χ4v) is 2.18. The van der Waals surface area contributed by atoms with Crippen LogP contribution in [0.5, 0.6) is 0 Å². The van der Waals surface area contributed by atoms with Gasteiger partial charge in [0.05, 0.1) is 13.0 Å². The SMILES string of the molecule is CCC/C=C(\O)CNCCNCCC(=O)O.CCC/C=C(\[O-])CNCCNCCC(=O)[O-].[Ca+2]. The standard InChI is InChI=1S/2C11H22N2O3.Ca/c2*1-2-3-4-10(14)9-13-8-7-12-6-5-11(15)16;/h2*4,12-14H,2-3,5-9H2,1H3,(H,15,16);/q;;+2/p-2/b2*10-4-;. The van der Waals surface area contributed by atoms with E-state index in [9.17, 15) is 24.9 Å². The van der Waals surface area contributed by atoms with Gasteiger partial charge in [0.2, 0.25) is 0 Å². The summed E-state index contributed by atoms with van der Waals surface area (Å²) >= 11 is 0. The van der Waals surface area contributed by atoms with E-state index in [4.69, 9.17) is 5.11 Å². The molecule has 0 unspecified atom stereocenters. The second-order valence-electron chi connectivity index (χ2n) is 7.06. The first-order chi connectivity index (χ1) is 15.3. The van der Waals surface area contributed by atoms with Crippen LogP contribution in [0.15, 0.2) is 23.7 Å². The molecule has 11 heteroatoms. The van der Waals surface area contributed by atoms with E-state index in [2.05, 4.69) is 28.2 Å². The molecule has 0 saturated heterocycles. The van der Waals surface area contributed by atoms with Gasteiger partial charge in [-0.3, -0.25) is 4.79 Å². The van der Waals surface area contributed by atoms with E-state index in [0.29, 0.717) is 58.1 Å². The quantitative estimate of drug-likeness (QED) is 0.0685. The van der Waals surface area contributed by atoms with Crippen LogP contribution in [-0.2, 0) is 9.59 Å². The van der Waals surface area contributed by atoms with Crippen molar-refractivity contribution in [2.75, 3.05) is 52.4 Å². The maximum Gasteiger partial charge on any atom is 2.00 e. The number of aliphatic hydroxyl groups excluding tert-OH is 1. The summed E-state index contributed by atoms with van der Waals surface area (Å²) < 4.78 is 0. The number of aliphatic carboxylic acids is 2. The normalized spacial score (nSPS) is 11.3. The number of aliphatic hydroxyl groups is 1. The average molecular weight is 499 g/mol. The molecule has 0 aromatic rings. The minimum Gasteiger partial charge on any atom is -0.875 e.